The third-order valence-corrected chi connectivity index (χ3v) is 6.28. The topological polar surface area (TPSA) is 31.4 Å². The smallest absolute Gasteiger partial charge is 0.399 e. The fourth-order valence-electron chi connectivity index (χ4n) is 3.62. The van der Waals surface area contributed by atoms with Crippen LogP contribution in [0.2, 0.25) is 5.02 Å². The van der Waals surface area contributed by atoms with Gasteiger partial charge in [-0.15, -0.1) is 0 Å². The monoisotopic (exact) mass is 335 g/mol. The highest BCUT2D eigenvalue weighted by molar-refractivity contribution is 6.62. The molecular formula is C18H27BClNO2. The third-order valence-electron chi connectivity index (χ3n) is 5.99. The van der Waals surface area contributed by atoms with Crippen molar-refractivity contribution in [3.8, 4) is 0 Å². The van der Waals surface area contributed by atoms with E-state index in [0.29, 0.717) is 0 Å². The highest BCUT2D eigenvalue weighted by atomic mass is 35.5. The zero-order chi connectivity index (χ0) is 17.0. The molecule has 1 saturated carbocycles. The lowest BCUT2D eigenvalue weighted by atomic mass is 9.76. The Bertz CT molecular complexity index is 608. The van der Waals surface area contributed by atoms with Crippen LogP contribution in [0.15, 0.2) is 6.07 Å². The van der Waals surface area contributed by atoms with Crippen LogP contribution in [0.5, 0.6) is 0 Å². The molecule has 0 bridgehead atoms. The van der Waals surface area contributed by atoms with E-state index in [1.165, 1.54) is 12.8 Å². The van der Waals surface area contributed by atoms with Crippen molar-refractivity contribution in [2.45, 2.75) is 83.8 Å². The maximum Gasteiger partial charge on any atom is 0.496 e. The Balaban J connectivity index is 1.96. The van der Waals surface area contributed by atoms with E-state index in [4.69, 9.17) is 25.9 Å². The molecule has 0 spiro atoms. The van der Waals surface area contributed by atoms with E-state index in [9.17, 15) is 0 Å². The van der Waals surface area contributed by atoms with Crippen molar-refractivity contribution < 1.29 is 9.31 Å². The molecule has 0 aromatic carbocycles. The van der Waals surface area contributed by atoms with Gasteiger partial charge in [0.2, 0.25) is 0 Å². The number of hydrogen-bond acceptors (Lipinski definition) is 3. The van der Waals surface area contributed by atoms with Crippen molar-refractivity contribution in [2.24, 2.45) is 0 Å². The van der Waals surface area contributed by atoms with E-state index < -0.39 is 7.12 Å². The highest BCUT2D eigenvalue weighted by Crippen LogP contribution is 2.42. The van der Waals surface area contributed by atoms with Crippen molar-refractivity contribution in [1.29, 1.82) is 0 Å². The first-order valence-electron chi connectivity index (χ1n) is 8.59. The molecule has 0 N–H and O–H groups in total. The predicted octanol–water partition coefficient (Wildman–Crippen LogP) is 4.17. The number of nitrogens with zero attached hydrogens (tertiary/aromatic N) is 1. The summed E-state index contributed by atoms with van der Waals surface area (Å²) in [4.78, 5) is 4.87. The second-order valence-electron chi connectivity index (χ2n) is 8.35. The Morgan fingerprint density at radius 2 is 1.57 bits per heavy atom. The normalized spacial score (nSPS) is 25.1. The molecule has 3 rings (SSSR count). The third kappa shape index (κ3) is 2.83. The van der Waals surface area contributed by atoms with E-state index in [1.54, 1.807) is 0 Å². The number of pyridine rings is 1. The number of halogens is 1. The van der Waals surface area contributed by atoms with E-state index in [2.05, 4.69) is 34.6 Å². The number of hydrogen-bond donors (Lipinski definition) is 0. The molecule has 1 aromatic heterocycles. The molecule has 1 aliphatic carbocycles. The Kier molecular flexibility index (Phi) is 4.10. The minimum Gasteiger partial charge on any atom is -0.399 e. The summed E-state index contributed by atoms with van der Waals surface area (Å²) in [6.07, 6.45) is 4.84. The van der Waals surface area contributed by atoms with Gasteiger partial charge >= 0.3 is 7.12 Å². The van der Waals surface area contributed by atoms with Crippen molar-refractivity contribution in [3.63, 3.8) is 0 Å². The van der Waals surface area contributed by atoms with Gasteiger partial charge in [0.05, 0.1) is 21.9 Å². The van der Waals surface area contributed by atoms with Gasteiger partial charge in [-0.05, 0) is 53.5 Å². The van der Waals surface area contributed by atoms with Crippen molar-refractivity contribution in [2.75, 3.05) is 0 Å². The van der Waals surface area contributed by atoms with Gasteiger partial charge in [0.1, 0.15) is 0 Å². The molecule has 0 amide bonds. The predicted molar refractivity (Wildman–Crippen MR) is 95.5 cm³/mol. The van der Waals surface area contributed by atoms with Crippen LogP contribution in [0.1, 0.15) is 71.7 Å². The summed E-state index contributed by atoms with van der Waals surface area (Å²) in [5.41, 5.74) is 2.33. The minimum atomic E-state index is -0.407. The molecule has 3 nitrogen and oxygen atoms in total. The largest absolute Gasteiger partial charge is 0.496 e. The summed E-state index contributed by atoms with van der Waals surface area (Å²) in [7, 11) is -0.407. The van der Waals surface area contributed by atoms with Crippen LogP contribution in [-0.4, -0.2) is 23.3 Å². The van der Waals surface area contributed by atoms with Gasteiger partial charge in [-0.25, -0.2) is 0 Å². The van der Waals surface area contributed by atoms with Gasteiger partial charge in [-0.1, -0.05) is 31.4 Å². The molecule has 1 saturated heterocycles. The molecule has 0 unspecified atom stereocenters. The Hall–Kier alpha value is -0.575. The van der Waals surface area contributed by atoms with Crippen LogP contribution in [0.25, 0.3) is 0 Å². The number of aromatic nitrogens is 1. The van der Waals surface area contributed by atoms with Gasteiger partial charge in [0, 0.05) is 16.6 Å². The van der Waals surface area contributed by atoms with E-state index in [-0.39, 0.29) is 16.6 Å². The molecule has 2 heterocycles. The second kappa shape index (κ2) is 5.47. The maximum absolute atomic E-state index is 6.62. The highest BCUT2D eigenvalue weighted by Gasteiger charge is 2.52. The molecule has 2 aliphatic rings. The van der Waals surface area contributed by atoms with Gasteiger partial charge < -0.3 is 9.31 Å². The summed E-state index contributed by atoms with van der Waals surface area (Å²) in [6.45, 7) is 12.5. The molecule has 126 valence electrons. The molecule has 1 aromatic rings. The fraction of sp³-hybridized carbons (Fsp3) is 0.722. The summed E-state index contributed by atoms with van der Waals surface area (Å²) in [5.74, 6) is 0. The zero-order valence-corrected chi connectivity index (χ0v) is 15.9. The fourth-order valence-corrected chi connectivity index (χ4v) is 4.01. The quantitative estimate of drug-likeness (QED) is 0.760. The Labute approximate surface area is 145 Å². The van der Waals surface area contributed by atoms with Crippen LogP contribution in [0, 0.1) is 6.92 Å². The van der Waals surface area contributed by atoms with Crippen LogP contribution in [0.4, 0.5) is 0 Å². The molecule has 0 radical (unpaired) electrons. The van der Waals surface area contributed by atoms with Gasteiger partial charge in [-0.3, -0.25) is 4.98 Å². The first-order chi connectivity index (χ1) is 10.6. The Morgan fingerprint density at radius 1 is 1.04 bits per heavy atom. The van der Waals surface area contributed by atoms with Crippen molar-refractivity contribution in [1.82, 2.24) is 4.98 Å². The summed E-state index contributed by atoms with van der Waals surface area (Å²) in [5, 5.41) is 0.740. The Morgan fingerprint density at radius 3 is 2.09 bits per heavy atom. The standard InChI is InChI=1S/C18H27BClNO2/c1-12-13(19-22-16(2,3)17(4,5)23-19)11-14(20)15(21-12)18(6)9-7-8-10-18/h11H,7-10H2,1-6H3. The summed E-state index contributed by atoms with van der Waals surface area (Å²) < 4.78 is 12.3. The second-order valence-corrected chi connectivity index (χ2v) is 8.76. The average Bonchev–Trinajstić information content (AvgIpc) is 2.95. The zero-order valence-electron chi connectivity index (χ0n) is 15.1. The van der Waals surface area contributed by atoms with Crippen LogP contribution >= 0.6 is 11.6 Å². The van der Waals surface area contributed by atoms with Gasteiger partial charge in [-0.2, -0.15) is 0 Å². The number of rotatable bonds is 2. The van der Waals surface area contributed by atoms with Crippen LogP contribution in [-0.2, 0) is 14.7 Å². The lowest BCUT2D eigenvalue weighted by molar-refractivity contribution is 0.00578. The molecular weight excluding hydrogens is 308 g/mol. The lowest BCUT2D eigenvalue weighted by Crippen LogP contribution is -2.41. The summed E-state index contributed by atoms with van der Waals surface area (Å²) in [6, 6.07) is 2.00. The molecule has 1 aliphatic heterocycles. The van der Waals surface area contributed by atoms with Gasteiger partial charge in [0.25, 0.3) is 0 Å². The van der Waals surface area contributed by atoms with Crippen molar-refractivity contribution >= 4 is 24.2 Å². The van der Waals surface area contributed by atoms with Crippen LogP contribution < -0.4 is 5.46 Å². The molecule has 0 atom stereocenters. The first-order valence-corrected chi connectivity index (χ1v) is 8.97. The number of aryl methyl sites for hydroxylation is 1. The SMILES string of the molecule is Cc1nc(C2(C)CCCC2)c(Cl)cc1B1OC(C)(C)C(C)(C)O1. The summed E-state index contributed by atoms with van der Waals surface area (Å²) >= 11 is 6.62. The lowest BCUT2D eigenvalue weighted by Gasteiger charge is -2.32. The van der Waals surface area contributed by atoms with E-state index in [1.807, 2.05) is 13.0 Å². The van der Waals surface area contributed by atoms with E-state index >= 15 is 0 Å². The molecule has 5 heteroatoms. The maximum atomic E-state index is 6.62. The van der Waals surface area contributed by atoms with Crippen LogP contribution in [0.3, 0.4) is 0 Å². The van der Waals surface area contributed by atoms with E-state index in [0.717, 1.165) is 34.7 Å². The van der Waals surface area contributed by atoms with Crippen molar-refractivity contribution in [3.05, 3.63) is 22.5 Å². The molecule has 2 fully saturated rings. The first kappa shape index (κ1) is 17.3. The molecule has 23 heavy (non-hydrogen) atoms. The van der Waals surface area contributed by atoms with Gasteiger partial charge in [0.15, 0.2) is 0 Å². The average molecular weight is 336 g/mol. The minimum absolute atomic E-state index is 0.107.